The minimum absolute atomic E-state index is 0.0799. The second-order valence-electron chi connectivity index (χ2n) is 7.01. The highest BCUT2D eigenvalue weighted by molar-refractivity contribution is 7.80. The summed E-state index contributed by atoms with van der Waals surface area (Å²) >= 11 is 0. The Balaban J connectivity index is 1.62. The van der Waals surface area contributed by atoms with Gasteiger partial charge in [-0.05, 0) is 39.3 Å². The maximum Gasteiger partial charge on any atom is 0.418 e. The van der Waals surface area contributed by atoms with E-state index in [2.05, 4.69) is 14.5 Å². The van der Waals surface area contributed by atoms with Crippen LogP contribution >= 0.6 is 0 Å². The predicted octanol–water partition coefficient (Wildman–Crippen LogP) is -0.575. The van der Waals surface area contributed by atoms with E-state index in [9.17, 15) is 18.0 Å². The first-order valence-corrected chi connectivity index (χ1v) is 9.87. The molecule has 0 radical (unpaired) electrons. The lowest BCUT2D eigenvalue weighted by atomic mass is 9.96. The van der Waals surface area contributed by atoms with Gasteiger partial charge in [-0.2, -0.15) is 13.5 Å². The van der Waals surface area contributed by atoms with Crippen molar-refractivity contribution >= 4 is 28.2 Å². The average Bonchev–Trinajstić information content (AvgIpc) is 2.78. The number of piperidine rings is 2. The third-order valence-electron chi connectivity index (χ3n) is 5.08. The zero-order valence-electron chi connectivity index (χ0n) is 14.4. The van der Waals surface area contributed by atoms with Gasteiger partial charge in [-0.3, -0.25) is 14.8 Å². The Kier molecular flexibility index (Phi) is 5.19. The average molecular weight is 389 g/mol. The summed E-state index contributed by atoms with van der Waals surface area (Å²) in [6.07, 6.45) is 2.46. The predicted molar refractivity (Wildman–Crippen MR) is 89.5 cm³/mol. The molecule has 2 bridgehead atoms. The summed E-state index contributed by atoms with van der Waals surface area (Å²) in [5, 5.41) is 11.4. The van der Waals surface area contributed by atoms with Gasteiger partial charge in [-0.15, -0.1) is 4.28 Å². The highest BCUT2D eigenvalue weighted by Crippen LogP contribution is 2.30. The summed E-state index contributed by atoms with van der Waals surface area (Å²) in [5.41, 5.74) is 0. The van der Waals surface area contributed by atoms with Crippen LogP contribution < -0.4 is 5.32 Å². The molecule has 26 heavy (non-hydrogen) atoms. The van der Waals surface area contributed by atoms with Gasteiger partial charge in [0.2, 0.25) is 5.91 Å². The molecule has 3 aliphatic heterocycles. The van der Waals surface area contributed by atoms with Gasteiger partial charge in [0.05, 0.1) is 18.0 Å². The van der Waals surface area contributed by atoms with Crippen LogP contribution in [0.15, 0.2) is 0 Å². The molecule has 3 aliphatic rings. The molecular weight excluding hydrogens is 366 g/mol. The van der Waals surface area contributed by atoms with E-state index in [4.69, 9.17) is 9.96 Å². The van der Waals surface area contributed by atoms with Crippen molar-refractivity contribution in [2.75, 3.05) is 26.7 Å². The van der Waals surface area contributed by atoms with Crippen molar-refractivity contribution in [2.45, 2.75) is 37.8 Å². The Morgan fingerprint density at radius 1 is 1.31 bits per heavy atom. The van der Waals surface area contributed by atoms with Crippen molar-refractivity contribution in [3.05, 3.63) is 0 Å². The second kappa shape index (κ2) is 7.10. The number of carbonyl (C=O) groups excluding carboxylic acids is 2. The van der Waals surface area contributed by atoms with Crippen molar-refractivity contribution in [3.8, 4) is 0 Å². The number of amides is 3. The molecule has 0 spiro atoms. The Bertz CT molecular complexity index is 713. The minimum atomic E-state index is -4.81. The molecule has 146 valence electrons. The molecule has 3 atom stereocenters. The molecule has 0 aliphatic carbocycles. The van der Waals surface area contributed by atoms with Crippen LogP contribution in [0.4, 0.5) is 4.79 Å². The van der Waals surface area contributed by atoms with Gasteiger partial charge in [0.25, 0.3) is 0 Å². The molecule has 3 saturated heterocycles. The molecule has 0 aromatic rings. The van der Waals surface area contributed by atoms with Crippen LogP contribution in [0.3, 0.4) is 0 Å². The van der Waals surface area contributed by atoms with Crippen molar-refractivity contribution in [3.63, 3.8) is 0 Å². The van der Waals surface area contributed by atoms with Crippen LogP contribution in [0.2, 0.25) is 0 Å². The molecule has 3 N–H and O–H groups in total. The largest absolute Gasteiger partial charge is 0.418 e. The van der Waals surface area contributed by atoms with E-state index in [0.29, 0.717) is 24.4 Å². The molecule has 12 heteroatoms. The number of amidine groups is 1. The molecule has 0 aromatic carbocycles. The third kappa shape index (κ3) is 3.98. The summed E-state index contributed by atoms with van der Waals surface area (Å²) in [4.78, 5) is 28.1. The van der Waals surface area contributed by atoms with Crippen molar-refractivity contribution in [1.29, 1.82) is 5.41 Å². The number of hydrogen-bond donors (Lipinski definition) is 3. The van der Waals surface area contributed by atoms with Crippen LogP contribution in [0, 0.1) is 11.3 Å². The maximum atomic E-state index is 12.4. The lowest BCUT2D eigenvalue weighted by molar-refractivity contribution is -0.125. The fourth-order valence-corrected chi connectivity index (χ4v) is 4.22. The first-order valence-electron chi connectivity index (χ1n) is 8.50. The SMILES string of the molecule is CN1CCC[C@@H](C(=O)NC(=N)[C@@H]2CC[C@@H]3CN2C(=O)N3OS(=O)(=O)O)C1. The van der Waals surface area contributed by atoms with E-state index >= 15 is 0 Å². The number of carbonyl (C=O) groups is 2. The first-order chi connectivity index (χ1) is 12.2. The first kappa shape index (κ1) is 19.0. The number of fused-ring (bicyclic) bond motifs is 2. The van der Waals surface area contributed by atoms with Crippen LogP contribution in [0.1, 0.15) is 25.7 Å². The molecular formula is C14H23N5O6S. The standard InChI is InChI=1S/C14H23N5O6S/c1-17-6-2-3-9(7-17)13(20)16-12(15)11-5-4-10-8-18(11)14(21)19(10)25-26(22,23)24/h9-11H,2-8H2,1H3,(H2,15,16,20)(H,22,23,24)/t9-,10-,11+/m1/s1. The monoisotopic (exact) mass is 389 g/mol. The number of hydrogen-bond acceptors (Lipinski definition) is 7. The minimum Gasteiger partial charge on any atom is -0.313 e. The van der Waals surface area contributed by atoms with E-state index < -0.39 is 28.5 Å². The van der Waals surface area contributed by atoms with Gasteiger partial charge in [-0.1, -0.05) is 0 Å². The summed E-state index contributed by atoms with van der Waals surface area (Å²) in [7, 11) is -2.86. The highest BCUT2D eigenvalue weighted by Gasteiger charge is 2.48. The third-order valence-corrected chi connectivity index (χ3v) is 5.43. The molecule has 0 aromatic heterocycles. The van der Waals surface area contributed by atoms with Gasteiger partial charge in [-0.25, -0.2) is 4.79 Å². The number of urea groups is 1. The fourth-order valence-electron chi connectivity index (χ4n) is 3.83. The lowest BCUT2D eigenvalue weighted by Gasteiger charge is -2.32. The van der Waals surface area contributed by atoms with Gasteiger partial charge in [0.1, 0.15) is 5.84 Å². The van der Waals surface area contributed by atoms with E-state index in [1.165, 1.54) is 4.90 Å². The van der Waals surface area contributed by atoms with Crippen LogP contribution in [-0.2, 0) is 19.5 Å². The zero-order valence-corrected chi connectivity index (χ0v) is 15.2. The number of nitrogens with zero attached hydrogens (tertiary/aromatic N) is 3. The molecule has 3 heterocycles. The fraction of sp³-hybridized carbons (Fsp3) is 0.786. The Hall–Kier alpha value is -1.76. The molecule has 0 saturated carbocycles. The van der Waals surface area contributed by atoms with E-state index in [1.807, 2.05) is 7.05 Å². The molecule has 11 nitrogen and oxygen atoms in total. The van der Waals surface area contributed by atoms with Crippen molar-refractivity contribution in [2.24, 2.45) is 5.92 Å². The summed E-state index contributed by atoms with van der Waals surface area (Å²) < 4.78 is 35.0. The summed E-state index contributed by atoms with van der Waals surface area (Å²) in [5.74, 6) is -0.510. The van der Waals surface area contributed by atoms with Gasteiger partial charge < -0.3 is 15.1 Å². The number of hydroxylamine groups is 2. The topological polar surface area (TPSA) is 143 Å². The van der Waals surface area contributed by atoms with Crippen LogP contribution in [0.5, 0.6) is 0 Å². The normalized spacial score (nSPS) is 29.8. The quantitative estimate of drug-likeness (QED) is 0.332. The van der Waals surface area contributed by atoms with Gasteiger partial charge >= 0.3 is 16.4 Å². The van der Waals surface area contributed by atoms with Gasteiger partial charge in [0.15, 0.2) is 0 Å². The summed E-state index contributed by atoms with van der Waals surface area (Å²) in [6, 6.07) is -1.92. The Morgan fingerprint density at radius 3 is 2.69 bits per heavy atom. The zero-order chi connectivity index (χ0) is 19.1. The number of rotatable bonds is 4. The van der Waals surface area contributed by atoms with Crippen LogP contribution in [-0.4, -0.2) is 84.4 Å². The Morgan fingerprint density at radius 2 is 2.04 bits per heavy atom. The van der Waals surface area contributed by atoms with E-state index in [0.717, 1.165) is 19.4 Å². The van der Waals surface area contributed by atoms with Crippen LogP contribution in [0.25, 0.3) is 0 Å². The number of nitrogens with one attached hydrogen (secondary N) is 2. The maximum absolute atomic E-state index is 12.4. The highest BCUT2D eigenvalue weighted by atomic mass is 32.3. The van der Waals surface area contributed by atoms with E-state index in [-0.39, 0.29) is 24.2 Å². The number of likely N-dealkylation sites (tertiary alicyclic amines) is 1. The molecule has 0 unspecified atom stereocenters. The van der Waals surface area contributed by atoms with Crippen molar-refractivity contribution in [1.82, 2.24) is 20.2 Å². The van der Waals surface area contributed by atoms with Crippen molar-refractivity contribution < 1.29 is 26.8 Å². The van der Waals surface area contributed by atoms with Gasteiger partial charge in [0, 0.05) is 13.1 Å². The van der Waals surface area contributed by atoms with E-state index in [1.54, 1.807) is 0 Å². The Labute approximate surface area is 151 Å². The molecule has 3 amide bonds. The second-order valence-corrected chi connectivity index (χ2v) is 8.02. The smallest absolute Gasteiger partial charge is 0.313 e. The molecule has 3 rings (SSSR count). The lowest BCUT2D eigenvalue weighted by Crippen LogP contribution is -2.52. The summed E-state index contributed by atoms with van der Waals surface area (Å²) in [6.45, 7) is 1.74. The molecule has 3 fully saturated rings.